The average Bonchev–Trinajstić information content (AvgIpc) is 2.61. The first kappa shape index (κ1) is 15.4. The van der Waals surface area contributed by atoms with Gasteiger partial charge in [0.1, 0.15) is 11.8 Å². The standard InChI is InChI=1S/C19H14N4O/c1-13-11-14(7-9-21-13)18-19(24)16(8-10-22-18)17(12-20)23-15-5-3-2-4-6-15/h2-11,24H,1H3/b23-17+. The molecule has 0 amide bonds. The van der Waals surface area contributed by atoms with Crippen LogP contribution in [0, 0.1) is 18.3 Å². The fourth-order valence-electron chi connectivity index (χ4n) is 2.33. The Morgan fingerprint density at radius 2 is 1.83 bits per heavy atom. The van der Waals surface area contributed by atoms with Gasteiger partial charge in [0.15, 0.2) is 11.5 Å². The number of aromatic hydroxyl groups is 1. The lowest BCUT2D eigenvalue weighted by atomic mass is 10.1. The summed E-state index contributed by atoms with van der Waals surface area (Å²) in [5.74, 6) is -0.0701. The number of hydrogen-bond acceptors (Lipinski definition) is 5. The van der Waals surface area contributed by atoms with Gasteiger partial charge in [0.25, 0.3) is 0 Å². The van der Waals surface area contributed by atoms with Crippen molar-refractivity contribution in [2.24, 2.45) is 4.99 Å². The first-order valence-corrected chi connectivity index (χ1v) is 7.34. The van der Waals surface area contributed by atoms with E-state index in [0.29, 0.717) is 16.9 Å². The van der Waals surface area contributed by atoms with Crippen LogP contribution in [0.1, 0.15) is 11.3 Å². The number of benzene rings is 1. The summed E-state index contributed by atoms with van der Waals surface area (Å²) in [4.78, 5) is 12.7. The van der Waals surface area contributed by atoms with Crippen molar-refractivity contribution in [3.63, 3.8) is 0 Å². The van der Waals surface area contributed by atoms with E-state index in [-0.39, 0.29) is 11.5 Å². The summed E-state index contributed by atoms with van der Waals surface area (Å²) in [6.45, 7) is 1.86. The number of nitrogens with zero attached hydrogens (tertiary/aromatic N) is 4. The highest BCUT2D eigenvalue weighted by Gasteiger charge is 2.15. The van der Waals surface area contributed by atoms with E-state index >= 15 is 0 Å². The third kappa shape index (κ3) is 3.13. The first-order chi connectivity index (χ1) is 11.7. The molecule has 0 unspecified atom stereocenters. The number of aromatic nitrogens is 2. The van der Waals surface area contributed by atoms with Crippen LogP contribution in [0.4, 0.5) is 5.69 Å². The largest absolute Gasteiger partial charge is 0.505 e. The van der Waals surface area contributed by atoms with Crippen LogP contribution in [0.2, 0.25) is 0 Å². The molecule has 0 spiro atoms. The predicted octanol–water partition coefficient (Wildman–Crippen LogP) is 3.80. The Balaban J connectivity index is 2.11. The molecule has 2 heterocycles. The van der Waals surface area contributed by atoms with Gasteiger partial charge in [0, 0.05) is 23.7 Å². The van der Waals surface area contributed by atoms with E-state index in [4.69, 9.17) is 0 Å². The van der Waals surface area contributed by atoms with E-state index < -0.39 is 0 Å². The van der Waals surface area contributed by atoms with Gasteiger partial charge in [0.05, 0.1) is 11.3 Å². The molecule has 1 N–H and O–H groups in total. The van der Waals surface area contributed by atoms with Gasteiger partial charge in [-0.05, 0) is 37.3 Å². The number of rotatable bonds is 3. The van der Waals surface area contributed by atoms with Crippen LogP contribution in [0.15, 0.2) is 65.9 Å². The molecule has 1 aromatic carbocycles. The molecule has 0 radical (unpaired) electrons. The molecule has 0 aliphatic heterocycles. The Morgan fingerprint density at radius 3 is 2.54 bits per heavy atom. The highest BCUT2D eigenvalue weighted by Crippen LogP contribution is 2.31. The smallest absolute Gasteiger partial charge is 0.152 e. The normalized spacial score (nSPS) is 11.1. The van der Waals surface area contributed by atoms with Crippen molar-refractivity contribution in [3.8, 4) is 23.1 Å². The molecule has 116 valence electrons. The monoisotopic (exact) mass is 314 g/mol. The zero-order valence-corrected chi connectivity index (χ0v) is 13.0. The topological polar surface area (TPSA) is 82.2 Å². The summed E-state index contributed by atoms with van der Waals surface area (Å²) < 4.78 is 0. The fraction of sp³-hybridized carbons (Fsp3) is 0.0526. The molecule has 5 heteroatoms. The van der Waals surface area contributed by atoms with E-state index in [0.717, 1.165) is 11.3 Å². The third-order valence-corrected chi connectivity index (χ3v) is 3.45. The molecule has 0 bridgehead atoms. The molecular formula is C19H14N4O. The van der Waals surface area contributed by atoms with Crippen LogP contribution >= 0.6 is 0 Å². The third-order valence-electron chi connectivity index (χ3n) is 3.45. The van der Waals surface area contributed by atoms with Crippen molar-refractivity contribution >= 4 is 11.4 Å². The zero-order valence-electron chi connectivity index (χ0n) is 13.0. The summed E-state index contributed by atoms with van der Waals surface area (Å²) in [6, 6.07) is 16.4. The van der Waals surface area contributed by atoms with Gasteiger partial charge in [-0.1, -0.05) is 18.2 Å². The molecule has 3 aromatic rings. The highest BCUT2D eigenvalue weighted by molar-refractivity contribution is 6.15. The van der Waals surface area contributed by atoms with Crippen molar-refractivity contribution in [2.45, 2.75) is 6.92 Å². The lowest BCUT2D eigenvalue weighted by molar-refractivity contribution is 0.474. The van der Waals surface area contributed by atoms with E-state index in [1.54, 1.807) is 36.7 Å². The minimum atomic E-state index is -0.0701. The average molecular weight is 314 g/mol. The Hall–Kier alpha value is -3.52. The van der Waals surface area contributed by atoms with Gasteiger partial charge in [0.2, 0.25) is 0 Å². The molecule has 5 nitrogen and oxygen atoms in total. The Bertz CT molecular complexity index is 943. The second-order valence-corrected chi connectivity index (χ2v) is 5.15. The lowest BCUT2D eigenvalue weighted by Gasteiger charge is -2.08. The van der Waals surface area contributed by atoms with E-state index in [9.17, 15) is 10.4 Å². The van der Waals surface area contributed by atoms with E-state index in [2.05, 4.69) is 15.0 Å². The summed E-state index contributed by atoms with van der Waals surface area (Å²) >= 11 is 0. The van der Waals surface area contributed by atoms with E-state index in [1.165, 1.54) is 0 Å². The van der Waals surface area contributed by atoms with Gasteiger partial charge in [-0.2, -0.15) is 5.26 Å². The van der Waals surface area contributed by atoms with Gasteiger partial charge < -0.3 is 5.11 Å². The van der Waals surface area contributed by atoms with Crippen molar-refractivity contribution in [3.05, 3.63) is 72.2 Å². The molecular weight excluding hydrogens is 300 g/mol. The van der Waals surface area contributed by atoms with Crippen LogP contribution in [-0.2, 0) is 0 Å². The second-order valence-electron chi connectivity index (χ2n) is 5.15. The quantitative estimate of drug-likeness (QED) is 0.745. The fourth-order valence-corrected chi connectivity index (χ4v) is 2.33. The molecule has 3 rings (SSSR count). The molecule has 0 saturated heterocycles. The van der Waals surface area contributed by atoms with Crippen molar-refractivity contribution < 1.29 is 5.11 Å². The Labute approximate surface area is 139 Å². The second kappa shape index (κ2) is 6.71. The molecule has 0 saturated carbocycles. The van der Waals surface area contributed by atoms with Gasteiger partial charge in [-0.3, -0.25) is 9.97 Å². The zero-order chi connectivity index (χ0) is 16.9. The number of nitriles is 1. The molecule has 0 aliphatic carbocycles. The minimum Gasteiger partial charge on any atom is -0.505 e. The molecule has 2 aromatic heterocycles. The number of aliphatic imine (C=N–C) groups is 1. The van der Waals surface area contributed by atoms with Crippen LogP contribution in [0.3, 0.4) is 0 Å². The van der Waals surface area contributed by atoms with Gasteiger partial charge in [-0.25, -0.2) is 4.99 Å². The Morgan fingerprint density at radius 1 is 1.08 bits per heavy atom. The minimum absolute atomic E-state index is 0.0701. The predicted molar refractivity (Wildman–Crippen MR) is 92.1 cm³/mol. The van der Waals surface area contributed by atoms with Gasteiger partial charge in [-0.15, -0.1) is 0 Å². The molecule has 24 heavy (non-hydrogen) atoms. The van der Waals surface area contributed by atoms with Crippen LogP contribution in [0.25, 0.3) is 11.3 Å². The number of para-hydroxylation sites is 1. The Kier molecular flexibility index (Phi) is 4.30. The molecule has 0 atom stereocenters. The number of aryl methyl sites for hydroxylation is 1. The van der Waals surface area contributed by atoms with Crippen LogP contribution in [-0.4, -0.2) is 20.8 Å². The summed E-state index contributed by atoms with van der Waals surface area (Å²) in [6.07, 6.45) is 3.21. The van der Waals surface area contributed by atoms with Crippen molar-refractivity contribution in [1.29, 1.82) is 5.26 Å². The summed E-state index contributed by atoms with van der Waals surface area (Å²) in [7, 11) is 0. The molecule has 0 fully saturated rings. The lowest BCUT2D eigenvalue weighted by Crippen LogP contribution is -2.00. The number of hydrogen-bond donors (Lipinski definition) is 1. The summed E-state index contributed by atoms with van der Waals surface area (Å²) in [5, 5.41) is 20.0. The van der Waals surface area contributed by atoms with Gasteiger partial charge >= 0.3 is 0 Å². The summed E-state index contributed by atoms with van der Waals surface area (Å²) in [5.41, 5.74) is 3.07. The maximum atomic E-state index is 10.6. The van der Waals surface area contributed by atoms with Crippen molar-refractivity contribution in [2.75, 3.05) is 0 Å². The maximum Gasteiger partial charge on any atom is 0.152 e. The first-order valence-electron chi connectivity index (χ1n) is 7.34. The van der Waals surface area contributed by atoms with Crippen LogP contribution in [0.5, 0.6) is 5.75 Å². The maximum absolute atomic E-state index is 10.6. The van der Waals surface area contributed by atoms with Crippen LogP contribution < -0.4 is 0 Å². The SMILES string of the molecule is Cc1cc(-c2nccc(/C(C#N)=N/c3ccccc3)c2O)ccn1. The molecule has 0 aliphatic rings. The van der Waals surface area contributed by atoms with E-state index in [1.807, 2.05) is 37.3 Å². The number of pyridine rings is 2. The highest BCUT2D eigenvalue weighted by atomic mass is 16.3. The van der Waals surface area contributed by atoms with Crippen molar-refractivity contribution in [1.82, 2.24) is 9.97 Å².